The highest BCUT2D eigenvalue weighted by atomic mass is 32.1. The van der Waals surface area contributed by atoms with E-state index in [0.29, 0.717) is 12.4 Å². The van der Waals surface area contributed by atoms with Crippen LogP contribution in [0.4, 0.5) is 21.4 Å². The first kappa shape index (κ1) is 17.9. The molecule has 2 aromatic rings. The van der Waals surface area contributed by atoms with Gasteiger partial charge in [-0.1, -0.05) is 0 Å². The van der Waals surface area contributed by atoms with Gasteiger partial charge in [0, 0.05) is 19.1 Å². The third-order valence-corrected chi connectivity index (χ3v) is 4.73. The average Bonchev–Trinajstić information content (AvgIpc) is 2.99. The number of carbonyl (C=O) groups is 2. The molecule has 1 aliphatic heterocycles. The molecule has 10 nitrogen and oxygen atoms in total. The predicted molar refractivity (Wildman–Crippen MR) is 97.1 cm³/mol. The number of aryl methyl sites for hydroxylation is 1. The molecule has 3 heterocycles. The van der Waals surface area contributed by atoms with Gasteiger partial charge in [0.1, 0.15) is 10.8 Å². The first-order chi connectivity index (χ1) is 12.4. The second-order valence-corrected chi connectivity index (χ2v) is 6.79. The maximum absolute atomic E-state index is 11.7. The van der Waals surface area contributed by atoms with Crippen molar-refractivity contribution in [2.24, 2.45) is 5.73 Å². The van der Waals surface area contributed by atoms with Crippen molar-refractivity contribution in [3.8, 4) is 0 Å². The summed E-state index contributed by atoms with van der Waals surface area (Å²) in [4.78, 5) is 33.1. The summed E-state index contributed by atoms with van der Waals surface area (Å²) < 4.78 is 4.18. The van der Waals surface area contributed by atoms with E-state index in [-0.39, 0.29) is 17.6 Å². The number of piperidine rings is 1. The molecule has 11 heteroatoms. The van der Waals surface area contributed by atoms with Crippen LogP contribution in [0.5, 0.6) is 0 Å². The number of hydrogen-bond acceptors (Lipinski definition) is 8. The Morgan fingerprint density at radius 2 is 2.27 bits per heavy atom. The summed E-state index contributed by atoms with van der Waals surface area (Å²) in [7, 11) is 0. The zero-order chi connectivity index (χ0) is 18.7. The lowest BCUT2D eigenvalue weighted by Crippen LogP contribution is -2.47. The molecule has 2 amide bonds. The van der Waals surface area contributed by atoms with Crippen LogP contribution in [0.25, 0.3) is 0 Å². The van der Waals surface area contributed by atoms with Gasteiger partial charge < -0.3 is 26.4 Å². The summed E-state index contributed by atoms with van der Waals surface area (Å²) >= 11 is 1.24. The second-order valence-electron chi connectivity index (χ2n) is 5.98. The molecule has 1 saturated heterocycles. The van der Waals surface area contributed by atoms with Gasteiger partial charge >= 0.3 is 6.09 Å². The lowest BCUT2D eigenvalue weighted by Gasteiger charge is -2.33. The quantitative estimate of drug-likeness (QED) is 0.610. The Kier molecular flexibility index (Phi) is 5.16. The minimum absolute atomic E-state index is 0.0389. The lowest BCUT2D eigenvalue weighted by atomic mass is 10.1. The van der Waals surface area contributed by atoms with Gasteiger partial charge in [-0.15, -0.1) is 0 Å². The second kappa shape index (κ2) is 7.52. The van der Waals surface area contributed by atoms with Crippen molar-refractivity contribution in [2.45, 2.75) is 25.8 Å². The van der Waals surface area contributed by atoms with Crippen LogP contribution in [0.15, 0.2) is 12.3 Å². The number of nitrogens with one attached hydrogen (secondary N) is 2. The Hall–Kier alpha value is -2.95. The molecule has 2 aromatic heterocycles. The van der Waals surface area contributed by atoms with Crippen molar-refractivity contribution >= 4 is 40.2 Å². The standard InChI is InChI=1S/C15H19N7O3S/c1-8-5-11(26-21-8)20-14-12(13(16)23)17-6-10(19-14)22-4-2-3-9(7-22)18-15(24)25/h5-6,9,18H,2-4,7H2,1H3,(H2,16,23)(H,19,20)(H,24,25)/t9-/m1/s1. The maximum atomic E-state index is 11.7. The van der Waals surface area contributed by atoms with Crippen LogP contribution in [0.3, 0.4) is 0 Å². The van der Waals surface area contributed by atoms with E-state index in [1.54, 1.807) is 0 Å². The van der Waals surface area contributed by atoms with Gasteiger partial charge in [0.15, 0.2) is 11.5 Å². The largest absolute Gasteiger partial charge is 0.465 e. The van der Waals surface area contributed by atoms with Gasteiger partial charge in [-0.3, -0.25) is 4.79 Å². The fourth-order valence-corrected chi connectivity index (χ4v) is 3.48. The van der Waals surface area contributed by atoms with E-state index in [1.807, 2.05) is 17.9 Å². The van der Waals surface area contributed by atoms with Crippen molar-refractivity contribution in [3.05, 3.63) is 23.7 Å². The first-order valence-corrected chi connectivity index (χ1v) is 8.81. The Bertz CT molecular complexity index is 825. The SMILES string of the molecule is Cc1cc(Nc2nc(N3CCC[C@@H](NC(=O)O)C3)cnc2C(N)=O)sn1. The van der Waals surface area contributed by atoms with Gasteiger partial charge in [-0.2, -0.15) is 4.37 Å². The zero-order valence-corrected chi connectivity index (χ0v) is 14.9. The monoisotopic (exact) mass is 377 g/mol. The van der Waals surface area contributed by atoms with E-state index in [1.165, 1.54) is 17.7 Å². The highest BCUT2D eigenvalue weighted by Gasteiger charge is 2.24. The number of rotatable bonds is 5. The number of nitrogens with zero attached hydrogens (tertiary/aromatic N) is 4. The van der Waals surface area contributed by atoms with E-state index in [4.69, 9.17) is 10.8 Å². The van der Waals surface area contributed by atoms with Crippen LogP contribution < -0.4 is 21.3 Å². The molecule has 1 fully saturated rings. The molecule has 1 aliphatic rings. The molecule has 138 valence electrons. The zero-order valence-electron chi connectivity index (χ0n) is 14.1. The Balaban J connectivity index is 1.84. The molecule has 0 unspecified atom stereocenters. The van der Waals surface area contributed by atoms with Gasteiger partial charge in [0.2, 0.25) is 0 Å². The molecular weight excluding hydrogens is 358 g/mol. The molecule has 0 radical (unpaired) electrons. The van der Waals surface area contributed by atoms with Crippen LogP contribution in [-0.4, -0.2) is 50.6 Å². The topological polar surface area (TPSA) is 146 Å². The summed E-state index contributed by atoms with van der Waals surface area (Å²) in [6, 6.07) is 1.65. The number of carboxylic acid groups (broad SMARTS) is 1. The smallest absolute Gasteiger partial charge is 0.404 e. The van der Waals surface area contributed by atoms with E-state index >= 15 is 0 Å². The van der Waals surface area contributed by atoms with Crippen LogP contribution in [-0.2, 0) is 0 Å². The molecule has 1 atom stereocenters. The van der Waals surface area contributed by atoms with Crippen molar-refractivity contribution in [1.29, 1.82) is 0 Å². The van der Waals surface area contributed by atoms with Crippen LogP contribution in [0, 0.1) is 6.92 Å². The lowest BCUT2D eigenvalue weighted by molar-refractivity contribution is 0.0996. The molecule has 0 bridgehead atoms. The number of amides is 2. The van der Waals surface area contributed by atoms with E-state index < -0.39 is 12.0 Å². The Morgan fingerprint density at radius 1 is 1.46 bits per heavy atom. The summed E-state index contributed by atoms with van der Waals surface area (Å²) in [5.41, 5.74) is 6.28. The highest BCUT2D eigenvalue weighted by Crippen LogP contribution is 2.25. The normalized spacial score (nSPS) is 17.0. The number of anilines is 3. The summed E-state index contributed by atoms with van der Waals surface area (Å²) in [6.45, 7) is 3.07. The Labute approximate surface area is 153 Å². The van der Waals surface area contributed by atoms with Crippen molar-refractivity contribution in [2.75, 3.05) is 23.3 Å². The van der Waals surface area contributed by atoms with E-state index in [0.717, 1.165) is 30.1 Å². The van der Waals surface area contributed by atoms with E-state index in [9.17, 15) is 9.59 Å². The van der Waals surface area contributed by atoms with Crippen molar-refractivity contribution in [1.82, 2.24) is 19.7 Å². The van der Waals surface area contributed by atoms with Gasteiger partial charge in [0.05, 0.1) is 11.9 Å². The number of aromatic nitrogens is 3. The van der Waals surface area contributed by atoms with Crippen molar-refractivity contribution < 1.29 is 14.7 Å². The number of carbonyl (C=O) groups excluding carboxylic acids is 1. The average molecular weight is 377 g/mol. The van der Waals surface area contributed by atoms with E-state index in [2.05, 4.69) is 25.0 Å². The molecular formula is C15H19N7O3S. The molecule has 0 saturated carbocycles. The fourth-order valence-electron chi connectivity index (χ4n) is 2.82. The Morgan fingerprint density at radius 3 is 2.92 bits per heavy atom. The van der Waals surface area contributed by atoms with Gasteiger partial charge in [0.25, 0.3) is 5.91 Å². The third kappa shape index (κ3) is 4.17. The van der Waals surface area contributed by atoms with Crippen LogP contribution in [0.1, 0.15) is 29.0 Å². The minimum atomic E-state index is -1.05. The van der Waals surface area contributed by atoms with Gasteiger partial charge in [-0.05, 0) is 37.4 Å². The number of nitrogens with two attached hydrogens (primary N) is 1. The fraction of sp³-hybridized carbons (Fsp3) is 0.400. The molecule has 0 aromatic carbocycles. The molecule has 3 rings (SSSR count). The highest BCUT2D eigenvalue weighted by molar-refractivity contribution is 7.10. The van der Waals surface area contributed by atoms with Crippen molar-refractivity contribution in [3.63, 3.8) is 0 Å². The number of hydrogen-bond donors (Lipinski definition) is 4. The third-order valence-electron chi connectivity index (χ3n) is 3.94. The first-order valence-electron chi connectivity index (χ1n) is 8.04. The summed E-state index contributed by atoms with van der Waals surface area (Å²) in [6.07, 6.45) is 2.02. The summed E-state index contributed by atoms with van der Waals surface area (Å²) in [5.74, 6) is 0.124. The van der Waals surface area contributed by atoms with Crippen LogP contribution in [0.2, 0.25) is 0 Å². The molecule has 26 heavy (non-hydrogen) atoms. The van der Waals surface area contributed by atoms with Crippen LogP contribution >= 0.6 is 11.5 Å². The maximum Gasteiger partial charge on any atom is 0.404 e. The predicted octanol–water partition coefficient (Wildman–Crippen LogP) is 1.32. The molecule has 5 N–H and O–H groups in total. The summed E-state index contributed by atoms with van der Waals surface area (Å²) in [5, 5.41) is 15.2. The molecule has 0 aliphatic carbocycles. The molecule has 0 spiro atoms. The van der Waals surface area contributed by atoms with Gasteiger partial charge in [-0.25, -0.2) is 14.8 Å². The number of primary amides is 1. The minimum Gasteiger partial charge on any atom is -0.465 e.